The van der Waals surface area contributed by atoms with Crippen molar-refractivity contribution in [2.24, 2.45) is 0 Å². The molecular formula is C13H19N3O5. The maximum atomic E-state index is 11.9. The molecule has 0 radical (unpaired) electrons. The lowest BCUT2D eigenvalue weighted by Crippen LogP contribution is -2.48. The van der Waals surface area contributed by atoms with Crippen molar-refractivity contribution in [2.75, 3.05) is 0 Å². The van der Waals surface area contributed by atoms with Crippen LogP contribution in [-0.4, -0.2) is 44.0 Å². The Morgan fingerprint density at radius 3 is 2.62 bits per heavy atom. The molecule has 8 heteroatoms. The van der Waals surface area contributed by atoms with Crippen LogP contribution in [0, 0.1) is 0 Å². The number of nitrogens with zero attached hydrogens (tertiary/aromatic N) is 2. The molecule has 0 fully saturated rings. The third-order valence-corrected chi connectivity index (χ3v) is 2.86. The number of carboxylic acids is 1. The van der Waals surface area contributed by atoms with E-state index in [9.17, 15) is 19.5 Å². The number of aryl methyl sites for hydroxylation is 1. The van der Waals surface area contributed by atoms with Crippen molar-refractivity contribution in [3.63, 3.8) is 0 Å². The van der Waals surface area contributed by atoms with Crippen LogP contribution in [-0.2, 0) is 11.3 Å². The van der Waals surface area contributed by atoms with Gasteiger partial charge in [-0.3, -0.25) is 9.59 Å². The van der Waals surface area contributed by atoms with Gasteiger partial charge in [0.1, 0.15) is 5.69 Å². The lowest BCUT2D eigenvalue weighted by Gasteiger charge is -2.16. The highest BCUT2D eigenvalue weighted by atomic mass is 16.4. The van der Waals surface area contributed by atoms with Crippen molar-refractivity contribution >= 4 is 11.9 Å². The quantitative estimate of drug-likeness (QED) is 0.630. The number of amides is 1. The SMILES string of the molecule is CCCCn1nc(C(=O)N[C@H](C(=O)O)[C@@H](C)O)ccc1=O. The first-order valence-corrected chi connectivity index (χ1v) is 6.66. The van der Waals surface area contributed by atoms with Gasteiger partial charge in [-0.05, 0) is 19.4 Å². The number of rotatable bonds is 7. The van der Waals surface area contributed by atoms with Gasteiger partial charge in [0.15, 0.2) is 6.04 Å². The zero-order chi connectivity index (χ0) is 16.0. The topological polar surface area (TPSA) is 122 Å². The van der Waals surface area contributed by atoms with Gasteiger partial charge >= 0.3 is 5.97 Å². The third-order valence-electron chi connectivity index (χ3n) is 2.86. The zero-order valence-corrected chi connectivity index (χ0v) is 11.9. The summed E-state index contributed by atoms with van der Waals surface area (Å²) in [6.45, 7) is 3.60. The summed E-state index contributed by atoms with van der Waals surface area (Å²) in [5.41, 5.74) is -0.400. The highest BCUT2D eigenvalue weighted by Gasteiger charge is 2.26. The molecule has 21 heavy (non-hydrogen) atoms. The summed E-state index contributed by atoms with van der Waals surface area (Å²) < 4.78 is 1.16. The van der Waals surface area contributed by atoms with E-state index in [4.69, 9.17) is 5.11 Å². The smallest absolute Gasteiger partial charge is 0.328 e. The Bertz CT molecular complexity index is 567. The second kappa shape index (κ2) is 7.53. The molecule has 0 aromatic carbocycles. The van der Waals surface area contributed by atoms with Crippen LogP contribution in [0.4, 0.5) is 0 Å². The maximum Gasteiger partial charge on any atom is 0.328 e. The lowest BCUT2D eigenvalue weighted by molar-refractivity contribution is -0.141. The summed E-state index contributed by atoms with van der Waals surface area (Å²) in [6.07, 6.45) is 0.356. The Labute approximate surface area is 121 Å². The van der Waals surface area contributed by atoms with Crippen LogP contribution >= 0.6 is 0 Å². The number of aliphatic hydroxyl groups is 1. The summed E-state index contributed by atoms with van der Waals surface area (Å²) in [5, 5.41) is 24.3. The number of carbonyl (C=O) groups is 2. The molecule has 0 saturated heterocycles. The molecular weight excluding hydrogens is 278 g/mol. The minimum absolute atomic E-state index is 0.0717. The van der Waals surface area contributed by atoms with Crippen molar-refractivity contribution < 1.29 is 19.8 Å². The van der Waals surface area contributed by atoms with E-state index in [0.717, 1.165) is 17.5 Å². The van der Waals surface area contributed by atoms with Gasteiger partial charge in [-0.25, -0.2) is 9.48 Å². The van der Waals surface area contributed by atoms with Crippen LogP contribution in [0.15, 0.2) is 16.9 Å². The number of hydrogen-bond donors (Lipinski definition) is 3. The first kappa shape index (κ1) is 16.8. The molecule has 1 rings (SSSR count). The second-order valence-corrected chi connectivity index (χ2v) is 4.66. The molecule has 0 unspecified atom stereocenters. The molecule has 0 bridgehead atoms. The van der Waals surface area contributed by atoms with Gasteiger partial charge in [0.05, 0.1) is 6.10 Å². The number of aliphatic carboxylic acids is 1. The van der Waals surface area contributed by atoms with Crippen molar-refractivity contribution in [3.8, 4) is 0 Å². The molecule has 0 aliphatic heterocycles. The molecule has 1 heterocycles. The molecule has 0 aliphatic carbocycles. The Morgan fingerprint density at radius 1 is 1.43 bits per heavy atom. The van der Waals surface area contributed by atoms with Gasteiger partial charge in [-0.15, -0.1) is 0 Å². The van der Waals surface area contributed by atoms with E-state index < -0.39 is 24.0 Å². The summed E-state index contributed by atoms with van der Waals surface area (Å²) in [4.78, 5) is 34.4. The normalized spacial score (nSPS) is 13.5. The first-order valence-electron chi connectivity index (χ1n) is 6.66. The predicted molar refractivity (Wildman–Crippen MR) is 74.0 cm³/mol. The minimum Gasteiger partial charge on any atom is -0.480 e. The molecule has 116 valence electrons. The number of unbranched alkanes of at least 4 members (excludes halogenated alkanes) is 1. The van der Waals surface area contributed by atoms with E-state index in [1.807, 2.05) is 6.92 Å². The fraction of sp³-hybridized carbons (Fsp3) is 0.538. The monoisotopic (exact) mass is 297 g/mol. The van der Waals surface area contributed by atoms with Crippen LogP contribution in [0.2, 0.25) is 0 Å². The number of nitrogens with one attached hydrogen (secondary N) is 1. The van der Waals surface area contributed by atoms with Crippen molar-refractivity contribution in [3.05, 3.63) is 28.2 Å². The fourth-order valence-corrected chi connectivity index (χ4v) is 1.64. The fourth-order valence-electron chi connectivity index (χ4n) is 1.64. The van der Waals surface area contributed by atoms with Crippen LogP contribution in [0.1, 0.15) is 37.2 Å². The molecule has 8 nitrogen and oxygen atoms in total. The molecule has 1 amide bonds. The Kier molecular flexibility index (Phi) is 6.04. The standard InChI is InChI=1S/C13H19N3O5/c1-3-4-7-16-10(18)6-5-9(15-16)12(19)14-11(8(2)17)13(20)21/h5-6,8,11,17H,3-4,7H2,1-2H3,(H,14,19)(H,20,21)/t8-,11+/m1/s1. The summed E-state index contributed by atoms with van der Waals surface area (Å²) in [7, 11) is 0. The number of carbonyl (C=O) groups excluding carboxylic acids is 1. The lowest BCUT2D eigenvalue weighted by atomic mass is 10.2. The summed E-state index contributed by atoms with van der Waals surface area (Å²) in [5.74, 6) is -2.11. The Hall–Kier alpha value is -2.22. The average molecular weight is 297 g/mol. The predicted octanol–water partition coefficient (Wildman–Crippen LogP) is -0.393. The molecule has 0 saturated carbocycles. The van der Waals surface area contributed by atoms with Gasteiger partial charge < -0.3 is 15.5 Å². The number of aliphatic hydroxyl groups excluding tert-OH is 1. The van der Waals surface area contributed by atoms with Crippen LogP contribution in [0.5, 0.6) is 0 Å². The van der Waals surface area contributed by atoms with Crippen LogP contribution < -0.4 is 10.9 Å². The van der Waals surface area contributed by atoms with Gasteiger partial charge in [-0.2, -0.15) is 5.10 Å². The van der Waals surface area contributed by atoms with Crippen LogP contribution in [0.25, 0.3) is 0 Å². The number of aromatic nitrogens is 2. The average Bonchev–Trinajstić information content (AvgIpc) is 2.42. The number of carboxylic acid groups (broad SMARTS) is 1. The van der Waals surface area contributed by atoms with Gasteiger partial charge in [0.25, 0.3) is 11.5 Å². The van der Waals surface area contributed by atoms with Crippen molar-refractivity contribution in [1.29, 1.82) is 0 Å². The van der Waals surface area contributed by atoms with E-state index in [1.165, 1.54) is 19.1 Å². The van der Waals surface area contributed by atoms with Gasteiger partial charge in [0, 0.05) is 12.6 Å². The van der Waals surface area contributed by atoms with Gasteiger partial charge in [0.2, 0.25) is 0 Å². The zero-order valence-electron chi connectivity index (χ0n) is 11.9. The summed E-state index contributed by atoms with van der Waals surface area (Å²) >= 11 is 0. The van der Waals surface area contributed by atoms with E-state index in [0.29, 0.717) is 6.54 Å². The highest BCUT2D eigenvalue weighted by molar-refractivity contribution is 5.94. The van der Waals surface area contributed by atoms with E-state index in [-0.39, 0.29) is 11.3 Å². The molecule has 0 aliphatic rings. The molecule has 0 spiro atoms. The maximum absolute atomic E-state index is 11.9. The van der Waals surface area contributed by atoms with Crippen molar-refractivity contribution in [2.45, 2.75) is 45.4 Å². The van der Waals surface area contributed by atoms with Gasteiger partial charge in [-0.1, -0.05) is 13.3 Å². The Morgan fingerprint density at radius 2 is 2.10 bits per heavy atom. The first-order chi connectivity index (χ1) is 9.86. The molecule has 1 aromatic heterocycles. The highest BCUT2D eigenvalue weighted by Crippen LogP contribution is 1.98. The Balaban J connectivity index is 2.92. The second-order valence-electron chi connectivity index (χ2n) is 4.66. The molecule has 1 aromatic rings. The van der Waals surface area contributed by atoms with E-state index >= 15 is 0 Å². The molecule has 2 atom stereocenters. The summed E-state index contributed by atoms with van der Waals surface area (Å²) in [6, 6.07) is 0.992. The van der Waals surface area contributed by atoms with E-state index in [2.05, 4.69) is 10.4 Å². The van der Waals surface area contributed by atoms with Crippen molar-refractivity contribution in [1.82, 2.24) is 15.1 Å². The van der Waals surface area contributed by atoms with Crippen LogP contribution in [0.3, 0.4) is 0 Å². The largest absolute Gasteiger partial charge is 0.480 e. The molecule has 3 N–H and O–H groups in total. The number of hydrogen-bond acceptors (Lipinski definition) is 5. The van der Waals surface area contributed by atoms with E-state index in [1.54, 1.807) is 0 Å². The minimum atomic E-state index is -1.43. The third kappa shape index (κ3) is 4.67.